The van der Waals surface area contributed by atoms with E-state index in [1.165, 1.54) is 4.68 Å². The van der Waals surface area contributed by atoms with Gasteiger partial charge in [0.15, 0.2) is 0 Å². The minimum atomic E-state index is -0.262. The number of hydrogen-bond acceptors (Lipinski definition) is 4. The number of rotatable bonds is 6. The van der Waals surface area contributed by atoms with Gasteiger partial charge in [0.2, 0.25) is 5.91 Å². The van der Waals surface area contributed by atoms with Crippen molar-refractivity contribution in [2.75, 3.05) is 7.11 Å². The zero-order chi connectivity index (χ0) is 20.3. The van der Waals surface area contributed by atoms with E-state index in [9.17, 15) is 9.59 Å². The van der Waals surface area contributed by atoms with E-state index in [2.05, 4.69) is 10.4 Å². The number of nitrogens with zero attached hydrogens (tertiary/aromatic N) is 2. The molecule has 0 bridgehead atoms. The normalized spacial score (nSPS) is 12.2. The summed E-state index contributed by atoms with van der Waals surface area (Å²) in [6.45, 7) is 5.80. The molecule has 0 saturated carbocycles. The molecular weight excluding hydrogens is 354 g/mol. The molecule has 3 rings (SSSR count). The van der Waals surface area contributed by atoms with Crippen LogP contribution in [-0.4, -0.2) is 22.8 Å². The number of nitrogens with one attached hydrogen (secondary N) is 1. The number of hydrogen-bond donors (Lipinski definition) is 1. The van der Waals surface area contributed by atoms with Crippen LogP contribution in [0.25, 0.3) is 10.8 Å². The number of fused-ring (bicyclic) bond motifs is 1. The molecule has 1 atom stereocenters. The van der Waals surface area contributed by atoms with Gasteiger partial charge >= 0.3 is 0 Å². The van der Waals surface area contributed by atoms with Crippen molar-refractivity contribution < 1.29 is 9.53 Å². The predicted molar refractivity (Wildman–Crippen MR) is 109 cm³/mol. The SMILES string of the molecule is COc1ccc(C(NC(=O)Cn2nc(C)c3ccccc3c2=O)C(C)C)cc1. The third kappa shape index (κ3) is 4.06. The molecule has 2 aromatic carbocycles. The summed E-state index contributed by atoms with van der Waals surface area (Å²) in [4.78, 5) is 25.4. The number of carbonyl (C=O) groups excluding carboxylic acids is 1. The predicted octanol–water partition coefficient (Wildman–Crippen LogP) is 3.23. The van der Waals surface area contributed by atoms with Crippen LogP contribution in [0.1, 0.15) is 31.1 Å². The molecule has 0 aliphatic heterocycles. The van der Waals surface area contributed by atoms with E-state index in [1.807, 2.05) is 63.2 Å². The smallest absolute Gasteiger partial charge is 0.275 e. The van der Waals surface area contributed by atoms with Gasteiger partial charge < -0.3 is 10.1 Å². The van der Waals surface area contributed by atoms with E-state index in [-0.39, 0.29) is 30.0 Å². The molecule has 0 radical (unpaired) electrons. The number of amides is 1. The second-order valence-electron chi connectivity index (χ2n) is 7.16. The molecule has 1 heterocycles. The van der Waals surface area contributed by atoms with Crippen LogP contribution < -0.4 is 15.6 Å². The Morgan fingerprint density at radius 2 is 1.75 bits per heavy atom. The molecule has 0 saturated heterocycles. The monoisotopic (exact) mass is 379 g/mol. The average molecular weight is 379 g/mol. The van der Waals surface area contributed by atoms with Crippen molar-refractivity contribution in [3.8, 4) is 5.75 Å². The molecule has 0 fully saturated rings. The van der Waals surface area contributed by atoms with Crippen molar-refractivity contribution in [2.45, 2.75) is 33.4 Å². The third-order valence-corrected chi connectivity index (χ3v) is 4.80. The molecule has 1 aromatic heterocycles. The van der Waals surface area contributed by atoms with Crippen LogP contribution in [0, 0.1) is 12.8 Å². The molecule has 0 aliphatic rings. The summed E-state index contributed by atoms with van der Waals surface area (Å²) in [5, 5.41) is 8.72. The highest BCUT2D eigenvalue weighted by molar-refractivity contribution is 5.83. The van der Waals surface area contributed by atoms with E-state index < -0.39 is 0 Å². The number of methoxy groups -OCH3 is 1. The molecule has 1 N–H and O–H groups in total. The van der Waals surface area contributed by atoms with Gasteiger partial charge in [0.1, 0.15) is 12.3 Å². The van der Waals surface area contributed by atoms with Crippen LogP contribution in [0.15, 0.2) is 53.3 Å². The summed E-state index contributed by atoms with van der Waals surface area (Å²) in [6, 6.07) is 14.8. The maximum atomic E-state index is 12.7. The number of aromatic nitrogens is 2. The van der Waals surface area contributed by atoms with Crippen molar-refractivity contribution in [2.24, 2.45) is 5.92 Å². The first-order valence-corrected chi connectivity index (χ1v) is 9.30. The second kappa shape index (κ2) is 8.25. The van der Waals surface area contributed by atoms with Crippen LogP contribution in [0.5, 0.6) is 5.75 Å². The van der Waals surface area contributed by atoms with Gasteiger partial charge in [-0.2, -0.15) is 5.10 Å². The van der Waals surface area contributed by atoms with Crippen molar-refractivity contribution >= 4 is 16.7 Å². The molecule has 1 amide bonds. The van der Waals surface area contributed by atoms with Gasteiger partial charge in [0.05, 0.1) is 24.2 Å². The van der Waals surface area contributed by atoms with Crippen LogP contribution in [0.4, 0.5) is 0 Å². The van der Waals surface area contributed by atoms with E-state index in [1.54, 1.807) is 13.2 Å². The first-order valence-electron chi connectivity index (χ1n) is 9.30. The summed E-state index contributed by atoms with van der Waals surface area (Å²) < 4.78 is 6.43. The van der Waals surface area contributed by atoms with E-state index >= 15 is 0 Å². The number of carbonyl (C=O) groups is 1. The zero-order valence-corrected chi connectivity index (χ0v) is 16.6. The first-order chi connectivity index (χ1) is 13.4. The summed E-state index contributed by atoms with van der Waals surface area (Å²) in [5.41, 5.74) is 1.44. The Morgan fingerprint density at radius 3 is 2.36 bits per heavy atom. The fourth-order valence-corrected chi connectivity index (χ4v) is 3.31. The highest BCUT2D eigenvalue weighted by Crippen LogP contribution is 2.24. The summed E-state index contributed by atoms with van der Waals surface area (Å²) in [7, 11) is 1.62. The molecule has 0 spiro atoms. The summed E-state index contributed by atoms with van der Waals surface area (Å²) in [6.07, 6.45) is 0. The van der Waals surface area contributed by atoms with Gasteiger partial charge in [-0.25, -0.2) is 4.68 Å². The summed E-state index contributed by atoms with van der Waals surface area (Å²) >= 11 is 0. The van der Waals surface area contributed by atoms with E-state index in [0.717, 1.165) is 22.4 Å². The second-order valence-corrected chi connectivity index (χ2v) is 7.16. The minimum Gasteiger partial charge on any atom is -0.497 e. The fraction of sp³-hybridized carbons (Fsp3) is 0.318. The third-order valence-electron chi connectivity index (χ3n) is 4.80. The topological polar surface area (TPSA) is 73.2 Å². The Labute approximate surface area is 164 Å². The van der Waals surface area contributed by atoms with Crippen LogP contribution in [0.2, 0.25) is 0 Å². The number of aryl methyl sites for hydroxylation is 1. The zero-order valence-electron chi connectivity index (χ0n) is 16.6. The van der Waals surface area contributed by atoms with Gasteiger partial charge in [-0.15, -0.1) is 0 Å². The maximum absolute atomic E-state index is 12.7. The Hall–Kier alpha value is -3.15. The highest BCUT2D eigenvalue weighted by atomic mass is 16.5. The largest absolute Gasteiger partial charge is 0.497 e. The molecule has 6 nitrogen and oxygen atoms in total. The lowest BCUT2D eigenvalue weighted by atomic mass is 9.96. The van der Waals surface area contributed by atoms with Gasteiger partial charge in [-0.1, -0.05) is 44.2 Å². The minimum absolute atomic E-state index is 0.121. The van der Waals surface area contributed by atoms with Crippen LogP contribution in [0.3, 0.4) is 0 Å². The Balaban J connectivity index is 1.82. The van der Waals surface area contributed by atoms with Crippen molar-refractivity contribution in [3.63, 3.8) is 0 Å². The van der Waals surface area contributed by atoms with Crippen molar-refractivity contribution in [3.05, 3.63) is 70.1 Å². The van der Waals surface area contributed by atoms with Gasteiger partial charge in [-0.3, -0.25) is 9.59 Å². The molecule has 28 heavy (non-hydrogen) atoms. The Bertz CT molecular complexity index is 1040. The Morgan fingerprint density at radius 1 is 1.11 bits per heavy atom. The summed E-state index contributed by atoms with van der Waals surface area (Å²) in [5.74, 6) is 0.694. The lowest BCUT2D eigenvalue weighted by Gasteiger charge is -2.23. The molecule has 146 valence electrons. The molecule has 3 aromatic rings. The van der Waals surface area contributed by atoms with Crippen molar-refractivity contribution in [1.29, 1.82) is 0 Å². The standard InChI is InChI=1S/C22H25N3O3/c1-14(2)21(16-9-11-17(28-4)12-10-16)23-20(26)13-25-22(27)19-8-6-5-7-18(19)15(3)24-25/h5-12,14,21H,13H2,1-4H3,(H,23,26). The number of ether oxygens (including phenoxy) is 1. The van der Waals surface area contributed by atoms with Crippen LogP contribution >= 0.6 is 0 Å². The maximum Gasteiger partial charge on any atom is 0.275 e. The molecule has 0 aliphatic carbocycles. The number of benzene rings is 2. The van der Waals surface area contributed by atoms with E-state index in [0.29, 0.717) is 5.39 Å². The van der Waals surface area contributed by atoms with Gasteiger partial charge in [0.25, 0.3) is 5.56 Å². The molecule has 1 unspecified atom stereocenters. The van der Waals surface area contributed by atoms with Gasteiger partial charge in [0, 0.05) is 5.39 Å². The quantitative estimate of drug-likeness (QED) is 0.714. The lowest BCUT2D eigenvalue weighted by molar-refractivity contribution is -0.123. The van der Waals surface area contributed by atoms with Crippen molar-refractivity contribution in [1.82, 2.24) is 15.1 Å². The average Bonchev–Trinajstić information content (AvgIpc) is 2.70. The lowest BCUT2D eigenvalue weighted by Crippen LogP contribution is -2.37. The fourth-order valence-electron chi connectivity index (χ4n) is 3.31. The highest BCUT2D eigenvalue weighted by Gasteiger charge is 2.19. The van der Waals surface area contributed by atoms with E-state index in [4.69, 9.17) is 4.74 Å². The molecular formula is C22H25N3O3. The Kier molecular flexibility index (Phi) is 5.78. The first kappa shape index (κ1) is 19.6. The molecule has 6 heteroatoms. The van der Waals surface area contributed by atoms with Gasteiger partial charge in [-0.05, 0) is 36.6 Å². The van der Waals surface area contributed by atoms with Crippen LogP contribution in [-0.2, 0) is 11.3 Å².